The van der Waals surface area contributed by atoms with Crippen LogP contribution in [0.2, 0.25) is 0 Å². The highest BCUT2D eigenvalue weighted by Crippen LogP contribution is 2.46. The number of thioether (sulfide) groups is 1. The van der Waals surface area contributed by atoms with Crippen molar-refractivity contribution in [3.05, 3.63) is 129 Å². The smallest absolute Gasteiger partial charge is 0.278 e. The molecule has 0 N–H and O–H groups in total. The van der Waals surface area contributed by atoms with Crippen LogP contribution < -0.4 is 15.2 Å². The predicted molar refractivity (Wildman–Crippen MR) is 157 cm³/mol. The Morgan fingerprint density at radius 3 is 2.55 bits per heavy atom. The second-order valence-electron chi connectivity index (χ2n) is 11.1. The molecule has 4 aromatic rings. The topological polar surface area (TPSA) is 54.8 Å². The van der Waals surface area contributed by atoms with E-state index in [1.165, 1.54) is 23.9 Å². The van der Waals surface area contributed by atoms with E-state index < -0.39 is 17.7 Å². The molecule has 6 nitrogen and oxygen atoms in total. The molecule has 3 aliphatic heterocycles. The van der Waals surface area contributed by atoms with Crippen LogP contribution in [0.5, 0.6) is 5.75 Å². The molecule has 0 radical (unpaired) electrons. The summed E-state index contributed by atoms with van der Waals surface area (Å²) in [6.07, 6.45) is 2.82. The van der Waals surface area contributed by atoms with E-state index in [-0.39, 0.29) is 47.2 Å². The molecule has 0 unspecified atom stereocenters. The Hall–Kier alpha value is -4.11. The van der Waals surface area contributed by atoms with E-state index in [9.17, 15) is 14.0 Å². The van der Waals surface area contributed by atoms with Gasteiger partial charge in [0.05, 0.1) is 6.04 Å². The highest BCUT2D eigenvalue weighted by atomic mass is 32.2. The fourth-order valence-corrected chi connectivity index (χ4v) is 7.54. The Balaban J connectivity index is 1.46. The minimum atomic E-state index is -0.887. The summed E-state index contributed by atoms with van der Waals surface area (Å²) in [5, 5.41) is 2.07. The van der Waals surface area contributed by atoms with Crippen LogP contribution in [0.3, 0.4) is 0 Å². The molecular formula is C33H29F2N3O3S. The van der Waals surface area contributed by atoms with Crippen LogP contribution in [0.15, 0.2) is 88.7 Å². The summed E-state index contributed by atoms with van der Waals surface area (Å²) in [4.78, 5) is 30.3. The van der Waals surface area contributed by atoms with Gasteiger partial charge in [-0.1, -0.05) is 61.5 Å². The highest BCUT2D eigenvalue weighted by Gasteiger charge is 2.46. The normalized spacial score (nSPS) is 21.1. The molecular weight excluding hydrogens is 556 g/mol. The molecule has 1 aromatic heterocycles. The lowest BCUT2D eigenvalue weighted by Gasteiger charge is -2.53. The molecule has 4 heterocycles. The molecule has 0 bridgehead atoms. The molecule has 1 saturated heterocycles. The third-order valence-corrected chi connectivity index (χ3v) is 9.56. The maximum atomic E-state index is 15.4. The van der Waals surface area contributed by atoms with Crippen molar-refractivity contribution >= 4 is 17.7 Å². The molecule has 3 aromatic carbocycles. The summed E-state index contributed by atoms with van der Waals surface area (Å²) in [7, 11) is 0. The Kier molecular flexibility index (Phi) is 6.77. The zero-order valence-electron chi connectivity index (χ0n) is 23.0. The zero-order valence-corrected chi connectivity index (χ0v) is 23.8. The average Bonchev–Trinajstić information content (AvgIpc) is 3.17. The van der Waals surface area contributed by atoms with Crippen molar-refractivity contribution < 1.29 is 18.3 Å². The number of aromatic nitrogens is 1. The number of ether oxygens (including phenoxy) is 1. The maximum Gasteiger partial charge on any atom is 0.278 e. The number of hydrogen-bond acceptors (Lipinski definition) is 5. The van der Waals surface area contributed by atoms with Gasteiger partial charge in [-0.2, -0.15) is 0 Å². The molecule has 0 spiro atoms. The number of fused-ring (bicyclic) bond motifs is 4. The molecule has 1 amide bonds. The molecule has 42 heavy (non-hydrogen) atoms. The number of carbonyl (C=O) groups is 1. The monoisotopic (exact) mass is 585 g/mol. The maximum absolute atomic E-state index is 15.4. The number of hydrogen-bond donors (Lipinski definition) is 0. The van der Waals surface area contributed by atoms with Crippen molar-refractivity contribution in [1.82, 2.24) is 9.58 Å². The van der Waals surface area contributed by atoms with Gasteiger partial charge in [0.15, 0.2) is 23.1 Å². The number of piperidine rings is 1. The van der Waals surface area contributed by atoms with Crippen LogP contribution in [-0.4, -0.2) is 28.2 Å². The van der Waals surface area contributed by atoms with Crippen LogP contribution >= 0.6 is 11.8 Å². The minimum absolute atomic E-state index is 0.0187. The number of pyridine rings is 1. The van der Waals surface area contributed by atoms with E-state index >= 15 is 4.39 Å². The van der Waals surface area contributed by atoms with E-state index in [1.54, 1.807) is 16.9 Å². The number of nitrogens with zero attached hydrogens (tertiary/aromatic N) is 3. The molecule has 3 atom stereocenters. The Labute approximate surface area is 246 Å². The van der Waals surface area contributed by atoms with Gasteiger partial charge in [0.2, 0.25) is 5.43 Å². The lowest BCUT2D eigenvalue weighted by atomic mass is 9.90. The van der Waals surface area contributed by atoms with E-state index in [0.29, 0.717) is 24.1 Å². The number of amides is 1. The first-order valence-corrected chi connectivity index (χ1v) is 15.1. The molecule has 0 aliphatic carbocycles. The first-order valence-electron chi connectivity index (χ1n) is 14.1. The van der Waals surface area contributed by atoms with E-state index in [4.69, 9.17) is 4.74 Å². The third kappa shape index (κ3) is 4.38. The Bertz CT molecular complexity index is 1740. The fourth-order valence-electron chi connectivity index (χ4n) is 6.42. The van der Waals surface area contributed by atoms with E-state index in [2.05, 4.69) is 11.9 Å². The number of carbonyl (C=O) groups excluding carboxylic acids is 1. The predicted octanol–water partition coefficient (Wildman–Crippen LogP) is 6.25. The standard InChI is InChI=1S/C33H29F2N3O3S/c1-20-11-14-28-36(17-20)33(40)31-32(41-18-21-7-3-2-4-8-21)26(39)15-16-37(31)38(28)30-22-12-13-25(34)29(35)24(22)19-42-27-10-6-5-9-23(27)30/h2-10,12-13,15-16,20,28,30H,11,14,17-19H2,1H3/t20-,28-,30+/m1/s1. The van der Waals surface area contributed by atoms with E-state index in [1.807, 2.05) is 59.5 Å². The summed E-state index contributed by atoms with van der Waals surface area (Å²) >= 11 is 1.47. The molecule has 7 rings (SSSR count). The van der Waals surface area contributed by atoms with Gasteiger partial charge in [-0.25, -0.2) is 8.78 Å². The fraction of sp³-hybridized carbons (Fsp3) is 0.273. The Morgan fingerprint density at radius 1 is 0.929 bits per heavy atom. The summed E-state index contributed by atoms with van der Waals surface area (Å²) in [5.41, 5.74) is 2.48. The average molecular weight is 586 g/mol. The summed E-state index contributed by atoms with van der Waals surface area (Å²) in [6, 6.07) is 21.0. The zero-order chi connectivity index (χ0) is 29.0. The van der Waals surface area contributed by atoms with Gasteiger partial charge in [-0.3, -0.25) is 19.3 Å². The first-order chi connectivity index (χ1) is 20.4. The van der Waals surface area contributed by atoms with Crippen molar-refractivity contribution in [2.24, 2.45) is 5.92 Å². The molecule has 214 valence electrons. The second-order valence-corrected chi connectivity index (χ2v) is 12.2. The first kappa shape index (κ1) is 26.8. The largest absolute Gasteiger partial charge is 0.482 e. The molecule has 9 heteroatoms. The van der Waals surface area contributed by atoms with Gasteiger partial charge in [0, 0.05) is 35.0 Å². The number of benzene rings is 3. The van der Waals surface area contributed by atoms with Gasteiger partial charge in [-0.15, -0.1) is 11.8 Å². The third-order valence-electron chi connectivity index (χ3n) is 8.44. The van der Waals surface area contributed by atoms with Crippen molar-refractivity contribution in [1.29, 1.82) is 0 Å². The van der Waals surface area contributed by atoms with Crippen molar-refractivity contribution in [3.8, 4) is 5.75 Å². The van der Waals surface area contributed by atoms with E-state index in [0.717, 1.165) is 22.4 Å². The van der Waals surface area contributed by atoms with Crippen LogP contribution in [0.25, 0.3) is 0 Å². The van der Waals surface area contributed by atoms with Crippen LogP contribution in [-0.2, 0) is 12.4 Å². The SMILES string of the molecule is C[C@@H]1CC[C@@H]2N(C1)C(=O)c1c(OCc3ccccc3)c(=O)ccn1N2[C@@H]1c2ccccc2SCc2c1ccc(F)c2F. The van der Waals surface area contributed by atoms with Gasteiger partial charge in [0.25, 0.3) is 5.91 Å². The van der Waals surface area contributed by atoms with Crippen molar-refractivity contribution in [2.75, 3.05) is 11.6 Å². The highest BCUT2D eigenvalue weighted by molar-refractivity contribution is 7.98. The van der Waals surface area contributed by atoms with Crippen molar-refractivity contribution in [2.45, 2.75) is 49.2 Å². The molecule has 1 fully saturated rings. The lowest BCUT2D eigenvalue weighted by Crippen LogP contribution is -2.64. The summed E-state index contributed by atoms with van der Waals surface area (Å²) in [5.74, 6) is -1.50. The van der Waals surface area contributed by atoms with Crippen LogP contribution in [0, 0.1) is 17.6 Å². The molecule has 3 aliphatic rings. The minimum Gasteiger partial charge on any atom is -0.482 e. The Morgan fingerprint density at radius 2 is 1.71 bits per heavy atom. The van der Waals surface area contributed by atoms with Crippen LogP contribution in [0.4, 0.5) is 8.78 Å². The number of halogens is 2. The summed E-state index contributed by atoms with van der Waals surface area (Å²) < 4.78 is 37.8. The second kappa shape index (κ2) is 10.6. The van der Waals surface area contributed by atoms with Crippen LogP contribution in [0.1, 0.15) is 58.5 Å². The molecule has 0 saturated carbocycles. The summed E-state index contributed by atoms with van der Waals surface area (Å²) in [6.45, 7) is 2.74. The van der Waals surface area contributed by atoms with Gasteiger partial charge >= 0.3 is 0 Å². The van der Waals surface area contributed by atoms with Gasteiger partial charge in [-0.05, 0) is 47.6 Å². The number of rotatable bonds is 4. The van der Waals surface area contributed by atoms with Gasteiger partial charge in [0.1, 0.15) is 12.8 Å². The quantitative estimate of drug-likeness (QED) is 0.284. The van der Waals surface area contributed by atoms with Gasteiger partial charge < -0.3 is 9.64 Å². The lowest BCUT2D eigenvalue weighted by molar-refractivity contribution is 0.0378. The van der Waals surface area contributed by atoms with Crippen molar-refractivity contribution in [3.63, 3.8) is 0 Å².